The number of carbonyl (C=O) groups excluding carboxylic acids is 7. The second-order valence-corrected chi connectivity index (χ2v) is 29.6. The van der Waals surface area contributed by atoms with Crippen molar-refractivity contribution in [2.75, 3.05) is 81.3 Å². The van der Waals surface area contributed by atoms with Crippen LogP contribution in [-0.4, -0.2) is 143 Å². The number of rotatable bonds is 16. The van der Waals surface area contributed by atoms with Gasteiger partial charge in [-0.1, -0.05) is 199 Å². The van der Waals surface area contributed by atoms with E-state index in [0.29, 0.717) is 98.6 Å². The number of fused-ring (bicyclic) bond motifs is 3. The highest BCUT2D eigenvalue weighted by Gasteiger charge is 2.37. The number of methoxy groups -OCH3 is 4. The number of benzene rings is 9. The molecule has 5 aliphatic heterocycles. The number of aryl methyl sites for hydroxylation is 1. The third-order valence-electron chi connectivity index (χ3n) is 20.2. The molecule has 14 rings (SSSR count). The van der Waals surface area contributed by atoms with E-state index < -0.39 is 11.9 Å². The van der Waals surface area contributed by atoms with E-state index >= 15 is 0 Å². The van der Waals surface area contributed by atoms with E-state index in [4.69, 9.17) is 43.1 Å². The molecule has 0 radical (unpaired) electrons. The second-order valence-electron chi connectivity index (χ2n) is 27.3. The normalized spacial score (nSPS) is 16.0. The van der Waals surface area contributed by atoms with E-state index in [-0.39, 0.29) is 133 Å². The van der Waals surface area contributed by atoms with E-state index in [0.717, 1.165) is 103 Å². The van der Waals surface area contributed by atoms with Gasteiger partial charge in [0, 0.05) is 93.9 Å². The lowest BCUT2D eigenvalue weighted by atomic mass is 9.93. The van der Waals surface area contributed by atoms with Gasteiger partial charge in [0.05, 0.1) is 81.9 Å². The molecule has 0 aromatic heterocycles. The third-order valence-corrected chi connectivity index (χ3v) is 22.3. The summed E-state index contributed by atoms with van der Waals surface area (Å²) in [4.78, 5) is 88.6. The predicted octanol–water partition coefficient (Wildman–Crippen LogP) is 16.3. The summed E-state index contributed by atoms with van der Waals surface area (Å²) in [6.07, 6.45) is 4.59. The van der Waals surface area contributed by atoms with Crippen LogP contribution >= 0.6 is 102 Å². The predicted molar refractivity (Wildman–Crippen MR) is 480 cm³/mol. The lowest BCUT2D eigenvalue weighted by Crippen LogP contribution is -2.41. The van der Waals surface area contributed by atoms with Crippen LogP contribution in [0.3, 0.4) is 0 Å². The number of nitrogens with one attached hydrogen (secondary N) is 2. The monoisotopic (exact) mass is 1880 g/mol. The Morgan fingerprint density at radius 3 is 1.24 bits per heavy atom. The van der Waals surface area contributed by atoms with Crippen molar-refractivity contribution < 1.29 is 86.5 Å². The Labute approximate surface area is 741 Å². The largest absolute Gasteiger partial charge is 0.491 e. The highest BCUT2D eigenvalue weighted by molar-refractivity contribution is 9.11. The van der Waals surface area contributed by atoms with Crippen molar-refractivity contribution in [2.45, 2.75) is 87.5 Å². The van der Waals surface area contributed by atoms with E-state index in [1.54, 1.807) is 72.2 Å². The van der Waals surface area contributed by atoms with Gasteiger partial charge < -0.3 is 62.9 Å². The molecule has 2 saturated heterocycles. The number of amides is 3. The molecule has 0 spiro atoms. The van der Waals surface area contributed by atoms with Crippen molar-refractivity contribution in [1.29, 1.82) is 0 Å². The zero-order chi connectivity index (χ0) is 80.9. The molecule has 9 aromatic rings. The summed E-state index contributed by atoms with van der Waals surface area (Å²) < 4.78 is 49.5. The maximum atomic E-state index is 13.5. The zero-order valence-corrected chi connectivity index (χ0v) is 74.6. The number of alkyl halides is 1. The minimum absolute atomic E-state index is 0. The Morgan fingerprint density at radius 1 is 0.466 bits per heavy atom. The third kappa shape index (κ3) is 27.2. The van der Waals surface area contributed by atoms with Gasteiger partial charge in [-0.05, 0) is 133 Å². The zero-order valence-electron chi connectivity index (χ0n) is 65.9. The Bertz CT molecular complexity index is 4570. The van der Waals surface area contributed by atoms with Gasteiger partial charge in [0.2, 0.25) is 11.8 Å². The molecule has 0 saturated carbocycles. The fraction of sp³-hybridized carbons (Fsp3) is 0.315. The smallest absolute Gasteiger partial charge is 0.337 e. The number of aliphatic hydroxyl groups is 1. The van der Waals surface area contributed by atoms with Crippen LogP contribution in [0, 0.1) is 11.8 Å². The van der Waals surface area contributed by atoms with Crippen molar-refractivity contribution >= 4 is 143 Å². The summed E-state index contributed by atoms with van der Waals surface area (Å²) in [6, 6.07) is 66.2. The van der Waals surface area contributed by atoms with Gasteiger partial charge in [-0.3, -0.25) is 19.6 Å². The number of esters is 4. The molecule has 3 amide bonds. The van der Waals surface area contributed by atoms with Crippen molar-refractivity contribution in [3.63, 3.8) is 0 Å². The lowest BCUT2D eigenvalue weighted by Gasteiger charge is -2.34. The molecular formula is C89H101Br3N4O18S4. The summed E-state index contributed by atoms with van der Waals surface area (Å²) >= 11 is 10.2. The van der Waals surface area contributed by atoms with Gasteiger partial charge in [-0.25, -0.2) is 24.7 Å². The highest BCUT2D eigenvalue weighted by atomic mass is 79.9. The van der Waals surface area contributed by atoms with Crippen LogP contribution in [0.15, 0.2) is 221 Å². The van der Waals surface area contributed by atoms with Crippen molar-refractivity contribution in [3.05, 3.63) is 299 Å². The topological polar surface area (TPSA) is 274 Å². The summed E-state index contributed by atoms with van der Waals surface area (Å²) in [7, 11) is 5.47. The lowest BCUT2D eigenvalue weighted by molar-refractivity contribution is -0.143. The molecule has 0 bridgehead atoms. The highest BCUT2D eigenvalue weighted by Crippen LogP contribution is 2.38. The Balaban J connectivity index is 0.000000232. The maximum absolute atomic E-state index is 13.5. The van der Waals surface area contributed by atoms with Crippen molar-refractivity contribution in [2.24, 2.45) is 11.8 Å². The summed E-state index contributed by atoms with van der Waals surface area (Å²) in [5.74, 6) is 0.159. The molecule has 2 fully saturated rings. The number of halogens is 3. The van der Waals surface area contributed by atoms with Crippen LogP contribution in [-0.2, 0) is 69.4 Å². The first-order valence-corrected chi connectivity index (χ1v) is 40.1. The number of carbonyl (C=O) groups is 7. The van der Waals surface area contributed by atoms with Gasteiger partial charge in [-0.15, -0.1) is 0 Å². The number of ether oxygens (including phenoxy) is 9. The standard InChI is InChI=1S/C23H25NO5.C22H24N2O5.C18H19BrO3.C17H17NO3.C9H8Br2O2.4H2S/c1-27-23(26)18-7-8-19-14-24(22(25)17-9-11-28-12-10-17)20(15-29-21(19)13-18)16-5-3-2-4-6-16;25-21(23-27)17-6-7-18-13-24(22(26)16-8-10-28-11-9-16)19(14-29-20(18)12-17)15-4-2-1-3-5-15;1-22-18(21)15-9-7-14(17(19)11-15)8-10-16(12-20)13-5-3-2-4-6-13;1-20-17(19)13-7-8-14-10-18-15(11-21-16(14)9-13)12-5-3-2-4-6-12;1-13-9(12)6-2-3-7(5-10)8(11)4-6;;;;/h2-8,13,17,20H,9-12,14-15H2,1H3;1-7,12,16,19,27H,8-11,13-14H2,(H,23,25);2-7,9,11,16,20H,8,10,12H2,1H3;2-9,15,18H,10-11H2,1H3;2-4H,5H2,1H3;4*1H2/t20-;19-;16-;15-;;;;;/m1111...../s1. The number of nitrogens with zero attached hydrogens (tertiary/aromatic N) is 2. The van der Waals surface area contributed by atoms with Gasteiger partial charge in [0.15, 0.2) is 0 Å². The van der Waals surface area contributed by atoms with Gasteiger partial charge in [0.25, 0.3) is 5.91 Å². The SMILES string of the molecule is COC(=O)c1ccc(CBr)c(Br)c1.COC(=O)c1ccc(CC[C@H](CO)c2ccccc2)c(Br)c1.COC(=O)c1ccc2c(c1)OC[C@H](c1ccccc1)N(C(=O)C1CCOCC1)C2.COC(=O)c1ccc2c(c1)OC[C@H](c1ccccc1)NC2.O=C(NO)c1ccc2c(c1)OC[C@H](c1ccccc1)N(C(=O)C1CCOCC1)C2.S.S.S.S. The molecule has 0 aliphatic carbocycles. The fourth-order valence-electron chi connectivity index (χ4n) is 13.7. The summed E-state index contributed by atoms with van der Waals surface area (Å²) in [5.41, 5.74) is 13.3. The van der Waals surface area contributed by atoms with E-state index in [1.165, 1.54) is 34.0 Å². The summed E-state index contributed by atoms with van der Waals surface area (Å²) in [6.45, 7) is 5.26. The number of hydrogen-bond acceptors (Lipinski definition) is 19. The molecule has 5 aliphatic rings. The number of hydroxylamine groups is 1. The van der Waals surface area contributed by atoms with Crippen molar-refractivity contribution in [3.8, 4) is 17.2 Å². The minimum atomic E-state index is -0.601. The molecule has 9 aromatic carbocycles. The Kier molecular flexibility index (Phi) is 41.9. The quantitative estimate of drug-likeness (QED) is 0.0230. The van der Waals surface area contributed by atoms with Crippen LogP contribution in [0.25, 0.3) is 0 Å². The molecule has 118 heavy (non-hydrogen) atoms. The first-order chi connectivity index (χ1) is 55.4. The van der Waals surface area contributed by atoms with Gasteiger partial charge in [0.1, 0.15) is 37.1 Å². The van der Waals surface area contributed by atoms with Crippen LogP contribution in [0.1, 0.15) is 158 Å². The molecule has 630 valence electrons. The maximum Gasteiger partial charge on any atom is 0.337 e. The van der Waals surface area contributed by atoms with E-state index in [9.17, 15) is 38.7 Å². The minimum Gasteiger partial charge on any atom is -0.491 e. The number of aliphatic hydroxyl groups excluding tert-OH is 1. The molecule has 4 atom stereocenters. The first-order valence-electron chi connectivity index (χ1n) is 37.4. The van der Waals surface area contributed by atoms with E-state index in [1.807, 2.05) is 143 Å². The van der Waals surface area contributed by atoms with Crippen LogP contribution in [0.5, 0.6) is 17.2 Å². The second kappa shape index (κ2) is 50.4. The number of hydrogen-bond donors (Lipinski definition) is 4. The molecule has 29 heteroatoms. The molecule has 5 heterocycles. The van der Waals surface area contributed by atoms with Crippen LogP contribution in [0.2, 0.25) is 0 Å². The van der Waals surface area contributed by atoms with Crippen LogP contribution in [0.4, 0.5) is 0 Å². The molecule has 22 nitrogen and oxygen atoms in total. The summed E-state index contributed by atoms with van der Waals surface area (Å²) in [5, 5.41) is 22.7. The molecule has 4 N–H and O–H groups in total. The Morgan fingerprint density at radius 2 is 0.831 bits per heavy atom. The first kappa shape index (κ1) is 98.1. The van der Waals surface area contributed by atoms with Gasteiger partial charge >= 0.3 is 23.9 Å². The molecular weight excluding hydrogens is 1780 g/mol. The average Bonchev–Trinajstić information content (AvgIpc) is 1.64. The van der Waals surface area contributed by atoms with E-state index in [2.05, 4.69) is 70.0 Å². The molecule has 0 unspecified atom stereocenters. The Hall–Kier alpha value is -8.69. The van der Waals surface area contributed by atoms with Crippen molar-refractivity contribution in [1.82, 2.24) is 20.6 Å². The van der Waals surface area contributed by atoms with Crippen LogP contribution < -0.4 is 25.0 Å². The van der Waals surface area contributed by atoms with Gasteiger partial charge in [-0.2, -0.15) is 54.0 Å². The average molecular weight is 1880 g/mol. The fourth-order valence-corrected chi connectivity index (χ4v) is 15.6.